The van der Waals surface area contributed by atoms with E-state index in [4.69, 9.17) is 5.11 Å². The van der Waals surface area contributed by atoms with E-state index in [0.717, 1.165) is 19.1 Å². The Morgan fingerprint density at radius 1 is 1.70 bits per heavy atom. The molecule has 1 aliphatic carbocycles. The number of carbonyl (C=O) groups is 1. The molecule has 0 bridgehead atoms. The first kappa shape index (κ1) is 7.32. The molecule has 56 valence electrons. The van der Waals surface area contributed by atoms with E-state index in [2.05, 4.69) is 6.92 Å². The minimum Gasteiger partial charge on any atom is -0.515 e. The molecular weight excluding hydrogens is 128 g/mol. The monoisotopic (exact) mass is 140 g/mol. The summed E-state index contributed by atoms with van der Waals surface area (Å²) in [4.78, 5) is 11.0. The molecule has 0 spiro atoms. The van der Waals surface area contributed by atoms with Gasteiger partial charge in [-0.15, -0.1) is 0 Å². The fourth-order valence-corrected chi connectivity index (χ4v) is 1.23. The van der Waals surface area contributed by atoms with Crippen LogP contribution in [0, 0.1) is 5.92 Å². The van der Waals surface area contributed by atoms with E-state index >= 15 is 0 Å². The van der Waals surface area contributed by atoms with Crippen molar-refractivity contribution in [2.75, 3.05) is 0 Å². The first-order chi connectivity index (χ1) is 4.74. The molecule has 0 aromatic rings. The molecule has 0 aromatic heterocycles. The van der Waals surface area contributed by atoms with E-state index in [9.17, 15) is 4.79 Å². The Morgan fingerprint density at radius 3 is 2.90 bits per heavy atom. The van der Waals surface area contributed by atoms with Gasteiger partial charge in [-0.1, -0.05) is 6.92 Å². The standard InChI is InChI=1S/C8H12O2/c1-6-2-3-7(5-9)8(10)4-6/h5-6,9H,2-4H2,1H3. The van der Waals surface area contributed by atoms with Gasteiger partial charge in [0.15, 0.2) is 5.78 Å². The van der Waals surface area contributed by atoms with Gasteiger partial charge in [0, 0.05) is 12.0 Å². The molecule has 0 aliphatic heterocycles. The third-order valence-corrected chi connectivity index (χ3v) is 1.95. The van der Waals surface area contributed by atoms with Crippen LogP contribution in [0.2, 0.25) is 0 Å². The number of carbonyl (C=O) groups excluding carboxylic acids is 1. The number of hydrogen-bond donors (Lipinski definition) is 1. The lowest BCUT2D eigenvalue weighted by Crippen LogP contribution is -2.15. The van der Waals surface area contributed by atoms with Crippen molar-refractivity contribution in [3.63, 3.8) is 0 Å². The maximum atomic E-state index is 11.0. The van der Waals surface area contributed by atoms with Crippen molar-refractivity contribution in [3.8, 4) is 0 Å². The van der Waals surface area contributed by atoms with Crippen LogP contribution in [0.3, 0.4) is 0 Å². The van der Waals surface area contributed by atoms with Gasteiger partial charge in [0.25, 0.3) is 0 Å². The van der Waals surface area contributed by atoms with Gasteiger partial charge in [-0.3, -0.25) is 4.79 Å². The zero-order chi connectivity index (χ0) is 7.56. The molecule has 0 radical (unpaired) electrons. The van der Waals surface area contributed by atoms with Gasteiger partial charge in [-0.2, -0.15) is 0 Å². The summed E-state index contributed by atoms with van der Waals surface area (Å²) in [5, 5.41) is 8.56. The highest BCUT2D eigenvalue weighted by Gasteiger charge is 2.19. The van der Waals surface area contributed by atoms with Crippen LogP contribution in [0.15, 0.2) is 11.8 Å². The second kappa shape index (κ2) is 2.86. The highest BCUT2D eigenvalue weighted by atomic mass is 16.2. The van der Waals surface area contributed by atoms with Crippen LogP contribution in [-0.4, -0.2) is 10.9 Å². The first-order valence-corrected chi connectivity index (χ1v) is 3.60. The summed E-state index contributed by atoms with van der Waals surface area (Å²) in [6.45, 7) is 2.06. The van der Waals surface area contributed by atoms with Crippen molar-refractivity contribution in [3.05, 3.63) is 11.8 Å². The van der Waals surface area contributed by atoms with Crippen LogP contribution in [0.25, 0.3) is 0 Å². The lowest BCUT2D eigenvalue weighted by Gasteiger charge is -2.17. The molecule has 10 heavy (non-hydrogen) atoms. The Hall–Kier alpha value is -0.790. The molecule has 1 rings (SSSR count). The van der Waals surface area contributed by atoms with Crippen LogP contribution >= 0.6 is 0 Å². The van der Waals surface area contributed by atoms with E-state index < -0.39 is 0 Å². The Kier molecular flexibility index (Phi) is 2.10. The largest absolute Gasteiger partial charge is 0.515 e. The number of Topliss-reactive ketones (excluding diaryl/α,β-unsaturated/α-hetero) is 1. The summed E-state index contributed by atoms with van der Waals surface area (Å²) in [6, 6.07) is 0. The van der Waals surface area contributed by atoms with E-state index in [1.807, 2.05) is 0 Å². The molecule has 0 saturated heterocycles. The summed E-state index contributed by atoms with van der Waals surface area (Å²) in [6.07, 6.45) is 3.33. The predicted molar refractivity (Wildman–Crippen MR) is 38.7 cm³/mol. The summed E-state index contributed by atoms with van der Waals surface area (Å²) < 4.78 is 0. The Balaban J connectivity index is 2.61. The van der Waals surface area contributed by atoms with Gasteiger partial charge in [0.1, 0.15) is 0 Å². The van der Waals surface area contributed by atoms with Gasteiger partial charge in [0.05, 0.1) is 6.26 Å². The van der Waals surface area contributed by atoms with Crippen LogP contribution in [0.4, 0.5) is 0 Å². The molecule has 1 fully saturated rings. The topological polar surface area (TPSA) is 37.3 Å². The van der Waals surface area contributed by atoms with E-state index in [1.165, 1.54) is 0 Å². The average molecular weight is 140 g/mol. The van der Waals surface area contributed by atoms with Gasteiger partial charge < -0.3 is 5.11 Å². The van der Waals surface area contributed by atoms with Crippen molar-refractivity contribution in [2.45, 2.75) is 26.2 Å². The van der Waals surface area contributed by atoms with Crippen molar-refractivity contribution in [1.82, 2.24) is 0 Å². The summed E-state index contributed by atoms with van der Waals surface area (Å²) in [5.41, 5.74) is 0.595. The zero-order valence-electron chi connectivity index (χ0n) is 6.13. The molecule has 1 atom stereocenters. The van der Waals surface area contributed by atoms with E-state index in [0.29, 0.717) is 17.9 Å². The van der Waals surface area contributed by atoms with Crippen LogP contribution < -0.4 is 0 Å². The van der Waals surface area contributed by atoms with Gasteiger partial charge in [0.2, 0.25) is 0 Å². The first-order valence-electron chi connectivity index (χ1n) is 3.60. The molecule has 2 nitrogen and oxygen atoms in total. The molecule has 0 heterocycles. The predicted octanol–water partition coefficient (Wildman–Crippen LogP) is 1.82. The Labute approximate surface area is 60.6 Å². The minimum absolute atomic E-state index is 0.112. The van der Waals surface area contributed by atoms with Crippen LogP contribution in [-0.2, 0) is 4.79 Å². The van der Waals surface area contributed by atoms with E-state index in [-0.39, 0.29) is 5.78 Å². The van der Waals surface area contributed by atoms with Crippen molar-refractivity contribution in [2.24, 2.45) is 5.92 Å². The zero-order valence-corrected chi connectivity index (χ0v) is 6.13. The summed E-state index contributed by atoms with van der Waals surface area (Å²) >= 11 is 0. The maximum absolute atomic E-state index is 11.0. The third kappa shape index (κ3) is 1.38. The SMILES string of the molecule is CC1CCC(=CO)C(=O)C1. The second-order valence-corrected chi connectivity index (χ2v) is 2.93. The minimum atomic E-state index is 0.112. The van der Waals surface area contributed by atoms with Crippen molar-refractivity contribution < 1.29 is 9.90 Å². The second-order valence-electron chi connectivity index (χ2n) is 2.93. The maximum Gasteiger partial charge on any atom is 0.162 e. The number of aliphatic hydroxyl groups is 1. The third-order valence-electron chi connectivity index (χ3n) is 1.95. The smallest absolute Gasteiger partial charge is 0.162 e. The lowest BCUT2D eigenvalue weighted by atomic mass is 9.87. The highest BCUT2D eigenvalue weighted by molar-refractivity contribution is 5.95. The number of hydrogen-bond acceptors (Lipinski definition) is 2. The molecule has 1 saturated carbocycles. The molecule has 2 heteroatoms. The molecule has 1 unspecified atom stereocenters. The Morgan fingerprint density at radius 2 is 2.40 bits per heavy atom. The van der Waals surface area contributed by atoms with Crippen LogP contribution in [0.5, 0.6) is 0 Å². The fraction of sp³-hybridized carbons (Fsp3) is 0.625. The fourth-order valence-electron chi connectivity index (χ4n) is 1.23. The lowest BCUT2D eigenvalue weighted by molar-refractivity contribution is -0.117. The number of rotatable bonds is 0. The number of aliphatic hydroxyl groups excluding tert-OH is 1. The van der Waals surface area contributed by atoms with Crippen LogP contribution in [0.1, 0.15) is 26.2 Å². The summed E-state index contributed by atoms with van der Waals surface area (Å²) in [5.74, 6) is 0.609. The van der Waals surface area contributed by atoms with E-state index in [1.54, 1.807) is 0 Å². The molecular formula is C8H12O2. The van der Waals surface area contributed by atoms with Gasteiger partial charge in [-0.25, -0.2) is 0 Å². The molecule has 1 aliphatic rings. The summed E-state index contributed by atoms with van der Waals surface area (Å²) in [7, 11) is 0. The normalized spacial score (nSPS) is 31.1. The van der Waals surface area contributed by atoms with Crippen molar-refractivity contribution >= 4 is 5.78 Å². The number of allylic oxidation sites excluding steroid dienone is 1. The average Bonchev–Trinajstić information content (AvgIpc) is 1.88. The van der Waals surface area contributed by atoms with Crippen molar-refractivity contribution in [1.29, 1.82) is 0 Å². The molecule has 1 N–H and O–H groups in total. The molecule has 0 amide bonds. The highest BCUT2D eigenvalue weighted by Crippen LogP contribution is 2.24. The quantitative estimate of drug-likeness (QED) is 0.411. The van der Waals surface area contributed by atoms with Gasteiger partial charge >= 0.3 is 0 Å². The number of ketones is 1. The Bertz CT molecular complexity index is 170. The van der Waals surface area contributed by atoms with Gasteiger partial charge in [-0.05, 0) is 18.8 Å². The molecule has 0 aromatic carbocycles.